The highest BCUT2D eigenvalue weighted by molar-refractivity contribution is 5.92. The Morgan fingerprint density at radius 2 is 2.06 bits per heavy atom. The smallest absolute Gasteiger partial charge is 0.227 e. The molecule has 18 heavy (non-hydrogen) atoms. The molecule has 0 bridgehead atoms. The highest BCUT2D eigenvalue weighted by Gasteiger charge is 2.25. The summed E-state index contributed by atoms with van der Waals surface area (Å²) in [4.78, 5) is 12.1. The summed E-state index contributed by atoms with van der Waals surface area (Å²) in [5, 5.41) is 3.02. The van der Waals surface area contributed by atoms with E-state index in [1.54, 1.807) is 0 Å². The molecule has 1 aromatic rings. The summed E-state index contributed by atoms with van der Waals surface area (Å²) in [5.74, 6) is 0.942. The second kappa shape index (κ2) is 6.01. The molecule has 0 unspecified atom stereocenters. The van der Waals surface area contributed by atoms with E-state index in [1.165, 1.54) is 5.56 Å². The van der Waals surface area contributed by atoms with Gasteiger partial charge < -0.3 is 11.1 Å². The largest absolute Gasteiger partial charge is 0.330 e. The average molecular weight is 246 g/mol. The minimum absolute atomic E-state index is 0.160. The third kappa shape index (κ3) is 3.33. The van der Waals surface area contributed by atoms with Crippen molar-refractivity contribution < 1.29 is 4.79 Å². The molecule has 0 spiro atoms. The summed E-state index contributed by atoms with van der Waals surface area (Å²) in [6.07, 6.45) is 4.11. The molecule has 1 fully saturated rings. The van der Waals surface area contributed by atoms with Crippen LogP contribution >= 0.6 is 0 Å². The van der Waals surface area contributed by atoms with Crippen molar-refractivity contribution in [2.24, 2.45) is 17.6 Å². The highest BCUT2D eigenvalue weighted by Crippen LogP contribution is 2.29. The number of nitrogens with one attached hydrogen (secondary N) is 1. The second-order valence-electron chi connectivity index (χ2n) is 5.31. The van der Waals surface area contributed by atoms with Gasteiger partial charge in [0.1, 0.15) is 0 Å². The topological polar surface area (TPSA) is 55.1 Å². The number of amides is 1. The molecule has 0 radical (unpaired) electrons. The van der Waals surface area contributed by atoms with Crippen LogP contribution in [0, 0.1) is 18.8 Å². The fourth-order valence-electron chi connectivity index (χ4n) is 2.63. The summed E-state index contributed by atoms with van der Waals surface area (Å²) in [5.41, 5.74) is 7.73. The lowest BCUT2D eigenvalue weighted by Crippen LogP contribution is -2.29. The molecule has 0 heterocycles. The first-order valence-electron chi connectivity index (χ1n) is 6.76. The van der Waals surface area contributed by atoms with E-state index in [9.17, 15) is 4.79 Å². The number of rotatable bonds is 3. The average Bonchev–Trinajstić information content (AvgIpc) is 2.39. The molecule has 0 saturated heterocycles. The number of benzene rings is 1. The van der Waals surface area contributed by atoms with Gasteiger partial charge in [0.2, 0.25) is 5.91 Å². The second-order valence-corrected chi connectivity index (χ2v) is 5.31. The molecule has 3 N–H and O–H groups in total. The molecular formula is C15H22N2O. The molecule has 2 rings (SSSR count). The normalized spacial score (nSPS) is 23.7. The quantitative estimate of drug-likeness (QED) is 0.861. The third-order valence-electron chi connectivity index (χ3n) is 3.84. The fourth-order valence-corrected chi connectivity index (χ4v) is 2.63. The summed E-state index contributed by atoms with van der Waals surface area (Å²) in [7, 11) is 0. The van der Waals surface area contributed by atoms with Crippen LogP contribution in [0.5, 0.6) is 0 Å². The predicted molar refractivity (Wildman–Crippen MR) is 74.3 cm³/mol. The third-order valence-corrected chi connectivity index (χ3v) is 3.84. The minimum Gasteiger partial charge on any atom is -0.330 e. The maximum Gasteiger partial charge on any atom is 0.227 e. The molecule has 98 valence electrons. The van der Waals surface area contributed by atoms with Crippen molar-refractivity contribution in [3.8, 4) is 0 Å². The van der Waals surface area contributed by atoms with Gasteiger partial charge in [-0.2, -0.15) is 0 Å². The van der Waals surface area contributed by atoms with Crippen LogP contribution in [0.3, 0.4) is 0 Å². The number of nitrogens with two attached hydrogens (primary N) is 1. The zero-order valence-electron chi connectivity index (χ0n) is 11.0. The summed E-state index contributed by atoms with van der Waals surface area (Å²) in [6.45, 7) is 2.79. The van der Waals surface area contributed by atoms with Gasteiger partial charge in [-0.3, -0.25) is 4.79 Å². The Hall–Kier alpha value is -1.35. The van der Waals surface area contributed by atoms with E-state index in [-0.39, 0.29) is 11.8 Å². The molecule has 0 atom stereocenters. The van der Waals surface area contributed by atoms with E-state index < -0.39 is 0 Å². The molecule has 0 aromatic heterocycles. The van der Waals surface area contributed by atoms with E-state index in [1.807, 2.05) is 31.2 Å². The molecule has 1 amide bonds. The molecule has 1 aliphatic carbocycles. The van der Waals surface area contributed by atoms with Gasteiger partial charge in [0.25, 0.3) is 0 Å². The number of anilines is 1. The summed E-state index contributed by atoms with van der Waals surface area (Å²) < 4.78 is 0. The summed E-state index contributed by atoms with van der Waals surface area (Å²) in [6, 6.07) is 7.94. The first-order valence-corrected chi connectivity index (χ1v) is 6.76. The van der Waals surface area contributed by atoms with E-state index in [0.717, 1.165) is 37.9 Å². The molecule has 1 saturated carbocycles. The van der Waals surface area contributed by atoms with Gasteiger partial charge in [0, 0.05) is 11.6 Å². The monoisotopic (exact) mass is 246 g/mol. The fraction of sp³-hybridized carbons (Fsp3) is 0.533. The molecule has 1 aliphatic rings. The van der Waals surface area contributed by atoms with Crippen LogP contribution in [0.4, 0.5) is 5.69 Å². The standard InChI is InChI=1S/C15H22N2O/c1-11-3-2-4-14(9-11)17-15(18)13-7-5-12(10-16)6-8-13/h2-4,9,12-13H,5-8,10,16H2,1H3,(H,17,18)/t12-,13-. The lowest BCUT2D eigenvalue weighted by molar-refractivity contribution is -0.121. The van der Waals surface area contributed by atoms with Crippen molar-refractivity contribution in [2.45, 2.75) is 32.6 Å². The number of hydrogen-bond acceptors (Lipinski definition) is 2. The predicted octanol–water partition coefficient (Wildman–Crippen LogP) is 2.70. The first-order chi connectivity index (χ1) is 8.69. The van der Waals surface area contributed by atoms with E-state index in [0.29, 0.717) is 5.92 Å². The maximum absolute atomic E-state index is 12.1. The molecule has 3 heteroatoms. The van der Waals surface area contributed by atoms with Crippen molar-refractivity contribution in [2.75, 3.05) is 11.9 Å². The minimum atomic E-state index is 0.160. The van der Waals surface area contributed by atoms with Gasteiger partial charge in [-0.05, 0) is 62.8 Å². The van der Waals surface area contributed by atoms with E-state index >= 15 is 0 Å². The lowest BCUT2D eigenvalue weighted by atomic mass is 9.81. The van der Waals surface area contributed by atoms with Gasteiger partial charge in [-0.25, -0.2) is 0 Å². The maximum atomic E-state index is 12.1. The first kappa shape index (κ1) is 13.1. The molecule has 0 aliphatic heterocycles. The Morgan fingerprint density at radius 1 is 1.33 bits per heavy atom. The van der Waals surface area contributed by atoms with Gasteiger partial charge in [-0.15, -0.1) is 0 Å². The van der Waals surface area contributed by atoms with Crippen LogP contribution in [-0.4, -0.2) is 12.5 Å². The van der Waals surface area contributed by atoms with Crippen LogP contribution in [0.25, 0.3) is 0 Å². The van der Waals surface area contributed by atoms with Crippen LogP contribution in [0.1, 0.15) is 31.2 Å². The van der Waals surface area contributed by atoms with E-state index in [2.05, 4.69) is 5.32 Å². The van der Waals surface area contributed by atoms with Crippen molar-refractivity contribution in [1.29, 1.82) is 0 Å². The Labute approximate surface area is 109 Å². The van der Waals surface area contributed by atoms with Gasteiger partial charge in [0.15, 0.2) is 0 Å². The van der Waals surface area contributed by atoms with Crippen molar-refractivity contribution in [3.05, 3.63) is 29.8 Å². The van der Waals surface area contributed by atoms with Gasteiger partial charge in [-0.1, -0.05) is 12.1 Å². The van der Waals surface area contributed by atoms with Crippen LogP contribution in [0.15, 0.2) is 24.3 Å². The van der Waals surface area contributed by atoms with Gasteiger partial charge in [0.05, 0.1) is 0 Å². The van der Waals surface area contributed by atoms with Crippen LogP contribution in [0.2, 0.25) is 0 Å². The number of hydrogen-bond donors (Lipinski definition) is 2. The van der Waals surface area contributed by atoms with Gasteiger partial charge >= 0.3 is 0 Å². The summed E-state index contributed by atoms with van der Waals surface area (Å²) >= 11 is 0. The molecule has 1 aromatic carbocycles. The Bertz CT molecular complexity index is 409. The lowest BCUT2D eigenvalue weighted by Gasteiger charge is -2.26. The van der Waals surface area contributed by atoms with E-state index in [4.69, 9.17) is 5.73 Å². The SMILES string of the molecule is Cc1cccc(NC(=O)[C@H]2CC[C@H](CN)CC2)c1. The molecular weight excluding hydrogens is 224 g/mol. The Morgan fingerprint density at radius 3 is 2.67 bits per heavy atom. The number of aryl methyl sites for hydroxylation is 1. The van der Waals surface area contributed by atoms with Crippen molar-refractivity contribution in [1.82, 2.24) is 0 Å². The number of carbonyl (C=O) groups excluding carboxylic acids is 1. The van der Waals surface area contributed by atoms with Crippen molar-refractivity contribution >= 4 is 11.6 Å². The Kier molecular flexibility index (Phi) is 4.37. The van der Waals surface area contributed by atoms with Crippen LogP contribution < -0.4 is 11.1 Å². The number of carbonyl (C=O) groups is 1. The van der Waals surface area contributed by atoms with Crippen molar-refractivity contribution in [3.63, 3.8) is 0 Å². The van der Waals surface area contributed by atoms with Crippen LogP contribution in [-0.2, 0) is 4.79 Å². The zero-order chi connectivity index (χ0) is 13.0. The Balaban J connectivity index is 1.89. The molecule has 3 nitrogen and oxygen atoms in total. The highest BCUT2D eigenvalue weighted by atomic mass is 16.1. The zero-order valence-corrected chi connectivity index (χ0v) is 11.0.